The van der Waals surface area contributed by atoms with Gasteiger partial charge in [-0.15, -0.1) is 0 Å². The Hall–Kier alpha value is -1.75. The molecule has 5 heteroatoms. The molecule has 0 aliphatic carbocycles. The van der Waals surface area contributed by atoms with Gasteiger partial charge >= 0.3 is 0 Å². The van der Waals surface area contributed by atoms with Gasteiger partial charge in [-0.1, -0.05) is 0 Å². The highest BCUT2D eigenvalue weighted by atomic mass is 16.3. The Bertz CT molecular complexity index is 463. The Labute approximate surface area is 93.8 Å². The van der Waals surface area contributed by atoms with Gasteiger partial charge in [0.25, 0.3) is 0 Å². The molecule has 0 aromatic carbocycles. The minimum Gasteiger partial charge on any atom is -0.380 e. The van der Waals surface area contributed by atoms with Crippen molar-refractivity contribution in [3.8, 4) is 0 Å². The predicted molar refractivity (Wildman–Crippen MR) is 58.7 cm³/mol. The summed E-state index contributed by atoms with van der Waals surface area (Å²) in [6.07, 6.45) is 4.14. The molecule has 0 radical (unpaired) electrons. The zero-order chi connectivity index (χ0) is 11.5. The number of hydrogen-bond donors (Lipinski definition) is 1. The van der Waals surface area contributed by atoms with Gasteiger partial charge in [0.2, 0.25) is 0 Å². The molecule has 2 aromatic rings. The van der Waals surface area contributed by atoms with E-state index in [9.17, 15) is 5.11 Å². The van der Waals surface area contributed by atoms with Gasteiger partial charge in [0.1, 0.15) is 6.10 Å². The van der Waals surface area contributed by atoms with Crippen molar-refractivity contribution in [1.29, 1.82) is 0 Å². The highest BCUT2D eigenvalue weighted by Gasteiger charge is 2.16. The maximum absolute atomic E-state index is 10.1. The van der Waals surface area contributed by atoms with E-state index in [4.69, 9.17) is 0 Å². The van der Waals surface area contributed by atoms with Gasteiger partial charge in [0.05, 0.1) is 23.3 Å². The molecule has 0 amide bonds. The summed E-state index contributed by atoms with van der Waals surface area (Å²) in [6, 6.07) is 1.79. The molecule has 0 spiro atoms. The van der Waals surface area contributed by atoms with E-state index in [1.54, 1.807) is 29.3 Å². The van der Waals surface area contributed by atoms with Crippen molar-refractivity contribution in [3.05, 3.63) is 41.7 Å². The topological polar surface area (TPSA) is 63.8 Å². The molecule has 5 nitrogen and oxygen atoms in total. The molecular weight excluding hydrogens is 204 g/mol. The number of aliphatic hydroxyl groups is 1. The van der Waals surface area contributed by atoms with Gasteiger partial charge < -0.3 is 5.11 Å². The highest BCUT2D eigenvalue weighted by molar-refractivity contribution is 5.17. The molecule has 2 aromatic heterocycles. The first kappa shape index (κ1) is 10.8. The van der Waals surface area contributed by atoms with Crippen molar-refractivity contribution in [3.63, 3.8) is 0 Å². The number of hydrogen-bond acceptors (Lipinski definition) is 4. The molecule has 1 N–H and O–H groups in total. The van der Waals surface area contributed by atoms with Crippen LogP contribution >= 0.6 is 0 Å². The van der Waals surface area contributed by atoms with Crippen molar-refractivity contribution in [2.75, 3.05) is 0 Å². The average Bonchev–Trinajstić information content (AvgIpc) is 2.77. The second-order valence-electron chi connectivity index (χ2n) is 3.56. The maximum Gasteiger partial charge on any atom is 0.139 e. The van der Waals surface area contributed by atoms with Crippen LogP contribution in [0, 0.1) is 6.92 Å². The van der Waals surface area contributed by atoms with Crippen LogP contribution in [0.2, 0.25) is 0 Å². The molecule has 2 heterocycles. The van der Waals surface area contributed by atoms with Crippen LogP contribution in [-0.2, 0) is 6.54 Å². The Morgan fingerprint density at radius 2 is 2.19 bits per heavy atom. The van der Waals surface area contributed by atoms with Crippen molar-refractivity contribution in [1.82, 2.24) is 19.7 Å². The number of aryl methyl sites for hydroxylation is 2. The van der Waals surface area contributed by atoms with Crippen LogP contribution in [0.3, 0.4) is 0 Å². The average molecular weight is 218 g/mol. The molecule has 16 heavy (non-hydrogen) atoms. The Kier molecular flexibility index (Phi) is 2.96. The van der Waals surface area contributed by atoms with E-state index in [2.05, 4.69) is 15.1 Å². The van der Waals surface area contributed by atoms with E-state index in [-0.39, 0.29) is 0 Å². The van der Waals surface area contributed by atoms with E-state index in [0.717, 1.165) is 17.9 Å². The summed E-state index contributed by atoms with van der Waals surface area (Å²) in [5.41, 5.74) is 2.11. The molecule has 0 saturated carbocycles. The lowest BCUT2D eigenvalue weighted by Crippen LogP contribution is -2.10. The number of rotatable bonds is 3. The summed E-state index contributed by atoms with van der Waals surface area (Å²) >= 11 is 0. The Balaban J connectivity index is 2.31. The zero-order valence-corrected chi connectivity index (χ0v) is 9.33. The SMILES string of the molecule is CCn1nccc1C(O)c1cnc(C)cn1. The lowest BCUT2D eigenvalue weighted by Gasteiger charge is -2.11. The highest BCUT2D eigenvalue weighted by Crippen LogP contribution is 2.18. The van der Waals surface area contributed by atoms with Crippen LogP contribution in [0.5, 0.6) is 0 Å². The lowest BCUT2D eigenvalue weighted by molar-refractivity contribution is 0.202. The largest absolute Gasteiger partial charge is 0.380 e. The van der Waals surface area contributed by atoms with Crippen LogP contribution in [0.1, 0.15) is 30.1 Å². The van der Waals surface area contributed by atoms with E-state index in [1.165, 1.54) is 0 Å². The fourth-order valence-corrected chi connectivity index (χ4v) is 1.53. The van der Waals surface area contributed by atoms with Gasteiger partial charge in [-0.25, -0.2) is 0 Å². The third-order valence-corrected chi connectivity index (χ3v) is 2.41. The summed E-state index contributed by atoms with van der Waals surface area (Å²) in [5.74, 6) is 0. The molecule has 0 saturated heterocycles. The van der Waals surface area contributed by atoms with E-state index < -0.39 is 6.10 Å². The van der Waals surface area contributed by atoms with Crippen molar-refractivity contribution in [2.24, 2.45) is 0 Å². The standard InChI is InChI=1S/C11H14N4O/c1-3-15-10(4-5-14-15)11(16)9-7-12-8(2)6-13-9/h4-7,11,16H,3H2,1-2H3. The van der Waals surface area contributed by atoms with Crippen molar-refractivity contribution < 1.29 is 5.11 Å². The van der Waals surface area contributed by atoms with Gasteiger partial charge in [-0.3, -0.25) is 14.6 Å². The molecular formula is C11H14N4O. The first-order valence-electron chi connectivity index (χ1n) is 5.20. The zero-order valence-electron chi connectivity index (χ0n) is 9.33. The first-order chi connectivity index (χ1) is 7.72. The van der Waals surface area contributed by atoms with Crippen LogP contribution in [0.25, 0.3) is 0 Å². The molecule has 1 atom stereocenters. The van der Waals surface area contributed by atoms with E-state index in [1.807, 2.05) is 13.8 Å². The summed E-state index contributed by atoms with van der Waals surface area (Å²) in [6.45, 7) is 4.56. The van der Waals surface area contributed by atoms with Crippen molar-refractivity contribution in [2.45, 2.75) is 26.5 Å². The predicted octanol–water partition coefficient (Wildman–Crippen LogP) is 1.08. The van der Waals surface area contributed by atoms with Gasteiger partial charge in [0.15, 0.2) is 0 Å². The van der Waals surface area contributed by atoms with Gasteiger partial charge in [0, 0.05) is 18.9 Å². The van der Waals surface area contributed by atoms with Crippen molar-refractivity contribution >= 4 is 0 Å². The second-order valence-corrected chi connectivity index (χ2v) is 3.56. The van der Waals surface area contributed by atoms with Gasteiger partial charge in [-0.2, -0.15) is 5.10 Å². The van der Waals surface area contributed by atoms with E-state index in [0.29, 0.717) is 5.69 Å². The Morgan fingerprint density at radius 1 is 1.38 bits per heavy atom. The lowest BCUT2D eigenvalue weighted by atomic mass is 10.2. The fourth-order valence-electron chi connectivity index (χ4n) is 1.53. The third-order valence-electron chi connectivity index (χ3n) is 2.41. The monoisotopic (exact) mass is 218 g/mol. The Morgan fingerprint density at radius 3 is 2.81 bits per heavy atom. The molecule has 2 rings (SSSR count). The molecule has 0 aliphatic heterocycles. The number of aliphatic hydroxyl groups excluding tert-OH is 1. The number of aromatic nitrogens is 4. The maximum atomic E-state index is 10.1. The summed E-state index contributed by atoms with van der Waals surface area (Å²) in [5, 5.41) is 14.2. The normalized spacial score (nSPS) is 12.7. The molecule has 84 valence electrons. The minimum absolute atomic E-state index is 0.542. The summed E-state index contributed by atoms with van der Waals surface area (Å²) in [4.78, 5) is 8.27. The van der Waals surface area contributed by atoms with Gasteiger partial charge in [-0.05, 0) is 19.9 Å². The fraction of sp³-hybridized carbons (Fsp3) is 0.364. The molecule has 0 bridgehead atoms. The van der Waals surface area contributed by atoms with Crippen LogP contribution in [0.4, 0.5) is 0 Å². The molecule has 0 aliphatic rings. The summed E-state index contributed by atoms with van der Waals surface area (Å²) in [7, 11) is 0. The second kappa shape index (κ2) is 4.40. The van der Waals surface area contributed by atoms with Crippen LogP contribution in [0.15, 0.2) is 24.7 Å². The van der Waals surface area contributed by atoms with Crippen LogP contribution < -0.4 is 0 Å². The minimum atomic E-state index is -0.768. The first-order valence-corrected chi connectivity index (χ1v) is 5.20. The van der Waals surface area contributed by atoms with Crippen LogP contribution in [-0.4, -0.2) is 24.9 Å². The number of nitrogens with zero attached hydrogens (tertiary/aromatic N) is 4. The molecule has 0 fully saturated rings. The smallest absolute Gasteiger partial charge is 0.139 e. The molecule has 1 unspecified atom stereocenters. The third kappa shape index (κ3) is 1.94. The summed E-state index contributed by atoms with van der Waals surface area (Å²) < 4.78 is 1.74. The van der Waals surface area contributed by atoms with E-state index >= 15 is 0 Å². The quantitative estimate of drug-likeness (QED) is 0.837.